The van der Waals surface area contributed by atoms with Crippen molar-refractivity contribution in [3.05, 3.63) is 74.8 Å². The third-order valence-electron chi connectivity index (χ3n) is 5.92. The van der Waals surface area contributed by atoms with E-state index in [-0.39, 0.29) is 6.71 Å². The molecular formula is C24H23BClI. The normalized spacial score (nSPS) is 12.3. The van der Waals surface area contributed by atoms with Gasteiger partial charge in [0.05, 0.1) is 0 Å². The lowest BCUT2D eigenvalue weighted by molar-refractivity contribution is 1.34. The molecule has 0 saturated heterocycles. The van der Waals surface area contributed by atoms with Gasteiger partial charge in [-0.3, -0.25) is 0 Å². The van der Waals surface area contributed by atoms with E-state index >= 15 is 0 Å². The van der Waals surface area contributed by atoms with Crippen LogP contribution >= 0.6 is 34.2 Å². The number of halogens is 2. The third kappa shape index (κ3) is 3.05. The summed E-state index contributed by atoms with van der Waals surface area (Å²) in [6.07, 6.45) is 0. The van der Waals surface area contributed by atoms with Crippen molar-refractivity contribution in [1.82, 2.24) is 0 Å². The topological polar surface area (TPSA) is 0 Å². The van der Waals surface area contributed by atoms with Crippen LogP contribution in [0.2, 0.25) is 5.02 Å². The van der Waals surface area contributed by atoms with Crippen LogP contribution in [0.25, 0.3) is 11.1 Å². The van der Waals surface area contributed by atoms with Crippen LogP contribution in [0.15, 0.2) is 36.4 Å². The highest BCUT2D eigenvalue weighted by atomic mass is 127. The summed E-state index contributed by atoms with van der Waals surface area (Å²) in [4.78, 5) is 0. The van der Waals surface area contributed by atoms with Crippen molar-refractivity contribution >= 4 is 57.3 Å². The lowest BCUT2D eigenvalue weighted by atomic mass is 9.37. The Morgan fingerprint density at radius 1 is 0.741 bits per heavy atom. The number of aryl methyl sites for hydroxylation is 5. The Kier molecular flexibility index (Phi) is 4.92. The summed E-state index contributed by atoms with van der Waals surface area (Å²) in [6.45, 7) is 11.3. The minimum absolute atomic E-state index is 0.286. The first-order valence-electron chi connectivity index (χ1n) is 9.39. The molecule has 0 amide bonds. The van der Waals surface area contributed by atoms with E-state index < -0.39 is 0 Å². The molecule has 0 bridgehead atoms. The van der Waals surface area contributed by atoms with E-state index in [9.17, 15) is 0 Å². The minimum atomic E-state index is 0.286. The average molecular weight is 485 g/mol. The zero-order valence-corrected chi connectivity index (χ0v) is 19.4. The van der Waals surface area contributed by atoms with E-state index in [1.807, 2.05) is 0 Å². The predicted molar refractivity (Wildman–Crippen MR) is 129 cm³/mol. The molecule has 0 radical (unpaired) electrons. The van der Waals surface area contributed by atoms with Gasteiger partial charge in [-0.25, -0.2) is 0 Å². The fourth-order valence-electron chi connectivity index (χ4n) is 4.69. The highest BCUT2D eigenvalue weighted by Crippen LogP contribution is 2.31. The molecule has 0 nitrogen and oxygen atoms in total. The molecule has 3 heteroatoms. The molecule has 3 aromatic rings. The Balaban J connectivity index is 2.08. The first-order chi connectivity index (χ1) is 12.8. The number of rotatable bonds is 2. The Bertz CT molecular complexity index is 1060. The van der Waals surface area contributed by atoms with Gasteiger partial charge in [0.25, 0.3) is 0 Å². The smallest absolute Gasteiger partial charge is 0.0840 e. The molecule has 1 heterocycles. The summed E-state index contributed by atoms with van der Waals surface area (Å²) in [5.74, 6) is 0. The second-order valence-electron chi connectivity index (χ2n) is 7.93. The zero-order valence-electron chi connectivity index (χ0n) is 16.5. The monoisotopic (exact) mass is 484 g/mol. The van der Waals surface area contributed by atoms with Gasteiger partial charge in [-0.1, -0.05) is 97.6 Å². The zero-order chi connectivity index (χ0) is 19.5. The summed E-state index contributed by atoms with van der Waals surface area (Å²) in [5.41, 5.74) is 14.9. The van der Waals surface area contributed by atoms with E-state index in [4.69, 9.17) is 11.6 Å². The van der Waals surface area contributed by atoms with Crippen molar-refractivity contribution in [2.45, 2.75) is 39.0 Å². The van der Waals surface area contributed by atoms with Gasteiger partial charge in [-0.2, -0.15) is 0 Å². The first-order valence-corrected chi connectivity index (χ1v) is 11.3. The van der Waals surface area contributed by atoms with Crippen molar-refractivity contribution in [2.24, 2.45) is 0 Å². The van der Waals surface area contributed by atoms with Crippen molar-refractivity contribution in [2.75, 3.05) is 0 Å². The second-order valence-corrected chi connectivity index (χ2v) is 9.10. The molecular weight excluding hydrogens is 461 g/mol. The van der Waals surface area contributed by atoms with Crippen LogP contribution < -0.4 is 16.4 Å². The van der Waals surface area contributed by atoms with Crippen molar-refractivity contribution in [3.8, 4) is 11.1 Å². The Morgan fingerprint density at radius 2 is 1.30 bits per heavy atom. The maximum Gasteiger partial charge on any atom is 0.243 e. The summed E-state index contributed by atoms with van der Waals surface area (Å²) >= 11 is 9.00. The molecule has 0 atom stereocenters. The Morgan fingerprint density at radius 3 is 1.89 bits per heavy atom. The molecule has 1 aliphatic rings. The van der Waals surface area contributed by atoms with Crippen LogP contribution in [-0.4, -0.2) is 6.71 Å². The highest BCUT2D eigenvalue weighted by molar-refractivity contribution is 14.1. The summed E-state index contributed by atoms with van der Waals surface area (Å²) in [7, 11) is 0. The second kappa shape index (κ2) is 6.97. The van der Waals surface area contributed by atoms with Gasteiger partial charge in [0, 0.05) is 9.45 Å². The molecule has 27 heavy (non-hydrogen) atoms. The van der Waals surface area contributed by atoms with Crippen molar-refractivity contribution in [3.63, 3.8) is 0 Å². The minimum Gasteiger partial charge on any atom is -0.0840 e. The van der Waals surface area contributed by atoms with Crippen LogP contribution in [0.4, 0.5) is 0 Å². The number of alkyl halides is 1. The lowest BCUT2D eigenvalue weighted by Gasteiger charge is -2.19. The van der Waals surface area contributed by atoms with E-state index in [1.54, 1.807) is 0 Å². The molecule has 0 unspecified atom stereocenters. The summed E-state index contributed by atoms with van der Waals surface area (Å²) < 4.78 is 1.03. The number of benzene rings is 3. The fourth-order valence-corrected chi connectivity index (χ4v) is 5.68. The molecule has 1 aliphatic heterocycles. The molecule has 136 valence electrons. The molecule has 0 saturated carbocycles. The largest absolute Gasteiger partial charge is 0.243 e. The highest BCUT2D eigenvalue weighted by Gasteiger charge is 2.36. The third-order valence-corrected chi connectivity index (χ3v) is 7.15. The number of hydrogen-bond donors (Lipinski definition) is 0. The molecule has 0 aromatic heterocycles. The van der Waals surface area contributed by atoms with Gasteiger partial charge >= 0.3 is 0 Å². The SMILES string of the molecule is Cc1cc(C)c(B2c3cc(C)c(Cl)cc3-c3cc(CI)c(C)cc32)c(C)c1. The van der Waals surface area contributed by atoms with Gasteiger partial charge in [0.2, 0.25) is 6.71 Å². The van der Waals surface area contributed by atoms with Crippen molar-refractivity contribution < 1.29 is 0 Å². The molecule has 0 aliphatic carbocycles. The summed E-state index contributed by atoms with van der Waals surface area (Å²) in [6, 6.07) is 13.9. The van der Waals surface area contributed by atoms with E-state index in [2.05, 4.69) is 93.6 Å². The maximum absolute atomic E-state index is 6.54. The van der Waals surface area contributed by atoms with E-state index in [0.717, 1.165) is 15.0 Å². The molecule has 0 spiro atoms. The lowest BCUT2D eigenvalue weighted by Crippen LogP contribution is -2.51. The van der Waals surface area contributed by atoms with Gasteiger partial charge in [0.1, 0.15) is 0 Å². The summed E-state index contributed by atoms with van der Waals surface area (Å²) in [5, 5.41) is 0.856. The molecule has 4 rings (SSSR count). The molecule has 0 fully saturated rings. The standard InChI is InChI=1S/C24H23BClI/c1-13-6-16(4)24(17(5)7-13)25-21-8-14(2)18(12-27)10-19(21)20-11-23(26)15(3)9-22(20)25/h6-11H,12H2,1-5H3. The maximum atomic E-state index is 6.54. The van der Waals surface area contributed by atoms with Crippen LogP contribution in [0, 0.1) is 34.6 Å². The van der Waals surface area contributed by atoms with Crippen molar-refractivity contribution in [1.29, 1.82) is 0 Å². The Hall–Kier alpha value is -1.26. The van der Waals surface area contributed by atoms with Gasteiger partial charge in [0.15, 0.2) is 0 Å². The number of hydrogen-bond acceptors (Lipinski definition) is 0. The van der Waals surface area contributed by atoms with Gasteiger partial charge < -0.3 is 0 Å². The predicted octanol–water partition coefficient (Wildman–Crippen LogP) is 5.31. The Labute approximate surface area is 181 Å². The van der Waals surface area contributed by atoms with Crippen LogP contribution in [0.3, 0.4) is 0 Å². The van der Waals surface area contributed by atoms with Crippen LogP contribution in [0.1, 0.15) is 33.4 Å². The fraction of sp³-hybridized carbons (Fsp3) is 0.250. The van der Waals surface area contributed by atoms with E-state index in [1.165, 1.54) is 55.3 Å². The quantitative estimate of drug-likeness (QED) is 0.205. The average Bonchev–Trinajstić information content (AvgIpc) is 2.87. The first kappa shape index (κ1) is 19.1. The van der Waals surface area contributed by atoms with Crippen LogP contribution in [0.5, 0.6) is 0 Å². The van der Waals surface area contributed by atoms with Crippen LogP contribution in [-0.2, 0) is 4.43 Å². The number of fused-ring (bicyclic) bond motifs is 3. The van der Waals surface area contributed by atoms with Gasteiger partial charge in [-0.15, -0.1) is 0 Å². The molecule has 0 N–H and O–H groups in total. The molecule has 3 aromatic carbocycles. The van der Waals surface area contributed by atoms with E-state index in [0.29, 0.717) is 0 Å². The van der Waals surface area contributed by atoms with Gasteiger partial charge in [-0.05, 0) is 68.5 Å².